The monoisotopic (exact) mass is 1660 g/mol. The van der Waals surface area contributed by atoms with Crippen LogP contribution in [0.5, 0.6) is 0 Å². The summed E-state index contributed by atoms with van der Waals surface area (Å²) in [6.45, 7) is 26.3. The van der Waals surface area contributed by atoms with E-state index in [4.69, 9.17) is 8.83 Å². The number of fused-ring (bicyclic) bond motifs is 22. The molecule has 2 aromatic heterocycles. The van der Waals surface area contributed by atoms with Gasteiger partial charge < -0.3 is 13.7 Å². The molecule has 2 heterocycles. The van der Waals surface area contributed by atoms with Crippen molar-refractivity contribution >= 4 is 60.9 Å². The Labute approximate surface area is 752 Å². The molecular formula is C121H161NO2. The predicted octanol–water partition coefficient (Wildman–Crippen LogP) is 39.4. The van der Waals surface area contributed by atoms with Crippen LogP contribution in [0.3, 0.4) is 0 Å². The first-order valence-corrected chi connectivity index (χ1v) is 52.4. The van der Waals surface area contributed by atoms with Crippen molar-refractivity contribution in [2.75, 3.05) is 4.90 Å². The average Bonchev–Trinajstić information content (AvgIpc) is 1.49. The molecule has 0 unspecified atom stereocenters. The number of nitrogens with zero attached hydrogens (tertiary/aromatic N) is 1. The zero-order valence-corrected chi connectivity index (χ0v) is 79.9. The second-order valence-corrected chi connectivity index (χ2v) is 40.3. The summed E-state index contributed by atoms with van der Waals surface area (Å²) in [5.74, 6) is 0. The van der Waals surface area contributed by atoms with Crippen molar-refractivity contribution in [3.8, 4) is 44.5 Å². The van der Waals surface area contributed by atoms with Gasteiger partial charge in [0.05, 0.1) is 5.69 Å². The van der Waals surface area contributed by atoms with Crippen LogP contribution in [0.15, 0.2) is 154 Å². The van der Waals surface area contributed by atoms with Gasteiger partial charge in [0.2, 0.25) is 0 Å². The molecule has 0 atom stereocenters. The van der Waals surface area contributed by atoms with E-state index in [2.05, 4.69) is 227 Å². The lowest BCUT2D eigenvalue weighted by Gasteiger charge is -2.40. The molecule has 124 heavy (non-hydrogen) atoms. The number of rotatable bonds is 55. The minimum absolute atomic E-state index is 0.110. The maximum Gasteiger partial charge on any atom is 0.144 e. The second kappa shape index (κ2) is 43.0. The van der Waals surface area contributed by atoms with Crippen molar-refractivity contribution in [3.63, 3.8) is 0 Å². The zero-order valence-electron chi connectivity index (χ0n) is 79.9. The summed E-state index contributed by atoms with van der Waals surface area (Å²) in [7, 11) is 0. The van der Waals surface area contributed by atoms with Crippen LogP contribution in [0.2, 0.25) is 0 Å². The third-order valence-electron chi connectivity index (χ3n) is 31.6. The number of para-hydroxylation sites is 2. The van der Waals surface area contributed by atoms with Crippen LogP contribution in [-0.2, 0) is 21.7 Å². The molecule has 4 aliphatic rings. The molecule has 0 fully saturated rings. The maximum atomic E-state index is 7.81. The molecule has 0 saturated heterocycles. The molecular weight excluding hydrogens is 1500 g/mol. The highest BCUT2D eigenvalue weighted by Gasteiger charge is 2.55. The Bertz CT molecular complexity index is 5250. The van der Waals surface area contributed by atoms with Crippen molar-refractivity contribution in [1.29, 1.82) is 0 Å². The maximum absolute atomic E-state index is 7.81. The molecule has 3 heteroatoms. The Kier molecular flexibility index (Phi) is 31.6. The Balaban J connectivity index is 0.992. The molecule has 9 aromatic carbocycles. The molecule has 15 rings (SSSR count). The van der Waals surface area contributed by atoms with Crippen LogP contribution in [0.1, 0.15) is 450 Å². The van der Waals surface area contributed by atoms with E-state index in [-0.39, 0.29) is 21.7 Å². The topological polar surface area (TPSA) is 29.5 Å². The number of unbranched alkanes of at least 4 members (excludes halogenated alkanes) is 36. The predicted molar refractivity (Wildman–Crippen MR) is 540 cm³/mol. The number of hydrogen-bond donors (Lipinski definition) is 0. The van der Waals surface area contributed by atoms with E-state index in [1.54, 1.807) is 44.5 Å². The van der Waals surface area contributed by atoms with E-state index in [1.807, 2.05) is 0 Å². The number of aryl methyl sites for hydroxylation is 3. The molecule has 0 amide bonds. The highest BCUT2D eigenvalue weighted by Crippen LogP contribution is 2.69. The fraction of sp³-hybridized carbons (Fsp3) is 0.554. The van der Waals surface area contributed by atoms with Crippen LogP contribution in [0, 0.1) is 20.8 Å². The summed E-state index contributed by atoms with van der Waals surface area (Å²) in [6, 6.07) is 60.5. The molecule has 0 radical (unpaired) electrons. The molecule has 3 nitrogen and oxygen atoms in total. The van der Waals surface area contributed by atoms with Crippen molar-refractivity contribution in [3.05, 3.63) is 207 Å². The van der Waals surface area contributed by atoms with Gasteiger partial charge in [0.25, 0.3) is 0 Å². The lowest BCUT2D eigenvalue weighted by molar-refractivity contribution is 0.369. The van der Waals surface area contributed by atoms with Gasteiger partial charge in [-0.05, 0) is 221 Å². The lowest BCUT2D eigenvalue weighted by Crippen LogP contribution is -2.33. The first-order chi connectivity index (χ1) is 61.0. The Morgan fingerprint density at radius 1 is 0.242 bits per heavy atom. The largest absolute Gasteiger partial charge is 0.456 e. The molecule has 11 aromatic rings. The summed E-state index contributed by atoms with van der Waals surface area (Å²) in [6.07, 6.45) is 65.9. The highest BCUT2D eigenvalue weighted by atomic mass is 16.3. The van der Waals surface area contributed by atoms with Gasteiger partial charge in [-0.25, -0.2) is 0 Å². The van der Waals surface area contributed by atoms with Crippen LogP contribution in [-0.4, -0.2) is 0 Å². The van der Waals surface area contributed by atoms with Crippen molar-refractivity contribution < 1.29 is 8.83 Å². The van der Waals surface area contributed by atoms with Gasteiger partial charge in [-0.2, -0.15) is 0 Å². The second-order valence-electron chi connectivity index (χ2n) is 40.3. The minimum Gasteiger partial charge on any atom is -0.456 e. The molecule has 0 N–H and O–H groups in total. The normalized spacial score (nSPS) is 14.6. The minimum atomic E-state index is -0.271. The molecule has 4 aliphatic carbocycles. The third-order valence-corrected chi connectivity index (χ3v) is 31.6. The summed E-state index contributed by atoms with van der Waals surface area (Å²) in [4.78, 5) is 2.85. The summed E-state index contributed by atoms with van der Waals surface area (Å²) < 4.78 is 14.9. The number of benzene rings is 9. The standard InChI is InChI=1S/C121H161NO2/c1-12-20-28-36-44-54-74-118(75-55-45-37-29-21-13-2)101-72-73-108-110(96-63-49-52-66-106(96)123-108)109(101)99-87-104-98(86-105(99)118)93-70-68-91(84-102(93)119(104,76-56-46-38-30-22-14-3)77-57-47-39-31-23-15-4)122(116-89(10)82-88(9)83-90(116)11)92-69-71-95-103(85-92)121(80-60-42-34-26-18-7,81-61-43-35-27-19-8)115-113(95)117-112(97-64-50-53-67-107(97)124-117)111-94-62-48-51-65-100(94)120(114(111)115,78-58-40-32-24-16-5)79-59-41-33-25-17-6/h48-53,62-73,82-87H,12-47,54-61,74-81H2,1-11H3. The van der Waals surface area contributed by atoms with Gasteiger partial charge in [-0.3, -0.25) is 0 Å². The van der Waals surface area contributed by atoms with Gasteiger partial charge in [0.1, 0.15) is 22.3 Å². The Morgan fingerprint density at radius 3 is 1.06 bits per heavy atom. The van der Waals surface area contributed by atoms with E-state index in [9.17, 15) is 0 Å². The van der Waals surface area contributed by atoms with Crippen LogP contribution in [0.25, 0.3) is 88.4 Å². The van der Waals surface area contributed by atoms with E-state index in [1.165, 1.54) is 408 Å². The van der Waals surface area contributed by atoms with Crippen molar-refractivity contribution in [2.24, 2.45) is 0 Å². The third kappa shape index (κ3) is 18.2. The summed E-state index contributed by atoms with van der Waals surface area (Å²) in [5.41, 5.74) is 36.3. The first-order valence-electron chi connectivity index (χ1n) is 52.4. The zero-order chi connectivity index (χ0) is 86.1. The van der Waals surface area contributed by atoms with Gasteiger partial charge in [0.15, 0.2) is 0 Å². The molecule has 662 valence electrons. The smallest absolute Gasteiger partial charge is 0.144 e. The van der Waals surface area contributed by atoms with E-state index in [0.717, 1.165) is 48.0 Å². The SMILES string of the molecule is CCCCCCCCC1(CCCCCCCC)c2cc(N(c3ccc4c(c3)C(CCCCCCC)(CCCCCCC)c3c5c(c6c(oc7ccccc76)c3-4)-c3ccccc3C5(CCCCCCC)CCCCCCC)c3c(C)cc(C)cc3C)ccc2-c2cc3c(cc21)-c1c(ccc2oc4ccccc4c12)C3(CCCCCCCC)CCCCCCCC. The van der Waals surface area contributed by atoms with Crippen molar-refractivity contribution in [2.45, 2.75) is 432 Å². The fourth-order valence-corrected chi connectivity index (χ4v) is 25.5. The first kappa shape index (κ1) is 91.1. The molecule has 0 aliphatic heterocycles. The van der Waals surface area contributed by atoms with Gasteiger partial charge in [0, 0.05) is 60.1 Å². The average molecular weight is 1660 g/mol. The molecule has 0 saturated carbocycles. The van der Waals surface area contributed by atoms with Gasteiger partial charge >= 0.3 is 0 Å². The number of furan rings is 2. The number of anilines is 3. The van der Waals surface area contributed by atoms with Gasteiger partial charge in [-0.15, -0.1) is 0 Å². The summed E-state index contributed by atoms with van der Waals surface area (Å²) >= 11 is 0. The van der Waals surface area contributed by atoms with E-state index >= 15 is 0 Å². The van der Waals surface area contributed by atoms with E-state index < -0.39 is 0 Å². The number of hydrogen-bond acceptors (Lipinski definition) is 3. The van der Waals surface area contributed by atoms with Crippen LogP contribution >= 0.6 is 0 Å². The Morgan fingerprint density at radius 2 is 0.589 bits per heavy atom. The quantitative estimate of drug-likeness (QED) is 0.0356. The molecule has 0 spiro atoms. The van der Waals surface area contributed by atoms with Crippen LogP contribution in [0.4, 0.5) is 17.1 Å². The van der Waals surface area contributed by atoms with Gasteiger partial charge in [-0.1, -0.05) is 434 Å². The van der Waals surface area contributed by atoms with Crippen LogP contribution < -0.4 is 4.90 Å². The Hall–Kier alpha value is -7.62. The molecule has 0 bridgehead atoms. The fourth-order valence-electron chi connectivity index (χ4n) is 25.5. The van der Waals surface area contributed by atoms with E-state index in [0.29, 0.717) is 0 Å². The van der Waals surface area contributed by atoms with Crippen molar-refractivity contribution in [1.82, 2.24) is 0 Å². The lowest BCUT2D eigenvalue weighted by atomic mass is 9.62. The highest BCUT2D eigenvalue weighted by molar-refractivity contribution is 6.21. The summed E-state index contributed by atoms with van der Waals surface area (Å²) in [5, 5.41) is 5.26.